The quantitative estimate of drug-likeness (QED) is 0.760. The molecule has 2 rings (SSSR count). The second kappa shape index (κ2) is 6.54. The largest absolute Gasteiger partial charge is 0.396 e. The number of rotatable bonds is 7. The van der Waals surface area contributed by atoms with Crippen molar-refractivity contribution in [2.75, 3.05) is 18.9 Å². The Morgan fingerprint density at radius 2 is 2.10 bits per heavy atom. The Labute approximate surface area is 120 Å². The number of aliphatic hydroxyl groups excluding tert-OH is 1. The summed E-state index contributed by atoms with van der Waals surface area (Å²) in [6, 6.07) is 3.70. The smallest absolute Gasteiger partial charge is 0.220 e. The van der Waals surface area contributed by atoms with Crippen molar-refractivity contribution in [1.29, 1.82) is 0 Å². The zero-order valence-corrected chi connectivity index (χ0v) is 11.8. The van der Waals surface area contributed by atoms with Crippen LogP contribution in [0.2, 0.25) is 0 Å². The number of carbonyl (C=O) groups excluding carboxylic acids is 1. The maximum Gasteiger partial charge on any atom is 0.220 e. The van der Waals surface area contributed by atoms with Crippen molar-refractivity contribution >= 4 is 17.7 Å². The second-order valence-corrected chi connectivity index (χ2v) is 6.28. The summed E-state index contributed by atoms with van der Waals surface area (Å²) < 4.78 is 25.7. The summed E-state index contributed by atoms with van der Waals surface area (Å²) in [4.78, 5) is 12.2. The van der Waals surface area contributed by atoms with Crippen molar-refractivity contribution < 1.29 is 18.7 Å². The lowest BCUT2D eigenvalue weighted by Gasteiger charge is -2.12. The fourth-order valence-corrected chi connectivity index (χ4v) is 2.64. The summed E-state index contributed by atoms with van der Waals surface area (Å²) in [5.74, 6) is -1.33. The van der Waals surface area contributed by atoms with Crippen LogP contribution >= 0.6 is 11.8 Å². The third-order valence-electron chi connectivity index (χ3n) is 3.44. The molecule has 3 nitrogen and oxygen atoms in total. The van der Waals surface area contributed by atoms with E-state index < -0.39 is 11.6 Å². The standard InChI is InChI=1S/C14H17F2NO2S/c15-11-2-1-10(7-12(11)16)20-6-3-13(19)17-8-14(9-18)4-5-14/h1-2,7,18H,3-6,8-9H2,(H,17,19). The van der Waals surface area contributed by atoms with Crippen LogP contribution in [0.25, 0.3) is 0 Å². The van der Waals surface area contributed by atoms with E-state index in [0.717, 1.165) is 25.0 Å². The summed E-state index contributed by atoms with van der Waals surface area (Å²) in [6.07, 6.45) is 2.21. The molecule has 0 saturated heterocycles. The molecule has 1 aliphatic carbocycles. The van der Waals surface area contributed by atoms with E-state index in [9.17, 15) is 13.6 Å². The van der Waals surface area contributed by atoms with Crippen molar-refractivity contribution in [3.63, 3.8) is 0 Å². The van der Waals surface area contributed by atoms with Gasteiger partial charge in [-0.2, -0.15) is 0 Å². The second-order valence-electron chi connectivity index (χ2n) is 5.11. The van der Waals surface area contributed by atoms with Crippen molar-refractivity contribution in [2.24, 2.45) is 5.41 Å². The van der Waals surface area contributed by atoms with Gasteiger partial charge in [0.15, 0.2) is 11.6 Å². The van der Waals surface area contributed by atoms with Gasteiger partial charge in [-0.1, -0.05) is 0 Å². The predicted molar refractivity (Wildman–Crippen MR) is 73.5 cm³/mol. The minimum absolute atomic E-state index is 0.0835. The molecular formula is C14H17F2NO2S. The van der Waals surface area contributed by atoms with E-state index in [1.807, 2.05) is 0 Å². The fraction of sp³-hybridized carbons (Fsp3) is 0.500. The Kier molecular flexibility index (Phi) is 4.99. The molecule has 1 aromatic carbocycles. The first-order valence-corrected chi connectivity index (χ1v) is 7.49. The van der Waals surface area contributed by atoms with E-state index in [2.05, 4.69) is 5.32 Å². The van der Waals surface area contributed by atoms with Crippen LogP contribution in [-0.4, -0.2) is 29.9 Å². The number of thioether (sulfide) groups is 1. The maximum atomic E-state index is 13.0. The lowest BCUT2D eigenvalue weighted by Crippen LogP contribution is -2.31. The van der Waals surface area contributed by atoms with Crippen LogP contribution in [-0.2, 0) is 4.79 Å². The Hall–Kier alpha value is -1.14. The van der Waals surface area contributed by atoms with Crippen LogP contribution in [0.1, 0.15) is 19.3 Å². The maximum absolute atomic E-state index is 13.0. The summed E-state index contributed by atoms with van der Waals surface area (Å²) >= 11 is 1.31. The van der Waals surface area contributed by atoms with Gasteiger partial charge in [0.25, 0.3) is 0 Å². The molecule has 0 atom stereocenters. The molecule has 1 amide bonds. The van der Waals surface area contributed by atoms with E-state index in [1.165, 1.54) is 17.8 Å². The van der Waals surface area contributed by atoms with Crippen molar-refractivity contribution in [1.82, 2.24) is 5.32 Å². The van der Waals surface area contributed by atoms with E-state index in [0.29, 0.717) is 23.6 Å². The average Bonchev–Trinajstić information content (AvgIpc) is 3.21. The van der Waals surface area contributed by atoms with Crippen LogP contribution in [0.3, 0.4) is 0 Å². The molecule has 0 aliphatic heterocycles. The number of benzene rings is 1. The third-order valence-corrected chi connectivity index (χ3v) is 4.44. The molecular weight excluding hydrogens is 284 g/mol. The molecule has 2 N–H and O–H groups in total. The van der Waals surface area contributed by atoms with E-state index in [-0.39, 0.29) is 17.9 Å². The van der Waals surface area contributed by atoms with Gasteiger partial charge in [-0.25, -0.2) is 8.78 Å². The summed E-state index contributed by atoms with van der Waals surface area (Å²) in [7, 11) is 0. The fourth-order valence-electron chi connectivity index (χ4n) is 1.77. The number of carbonyl (C=O) groups is 1. The van der Waals surface area contributed by atoms with Gasteiger partial charge in [-0.15, -0.1) is 11.8 Å². The number of hydrogen-bond donors (Lipinski definition) is 2. The third kappa shape index (κ3) is 4.18. The zero-order valence-electron chi connectivity index (χ0n) is 11.0. The topological polar surface area (TPSA) is 49.3 Å². The van der Waals surface area contributed by atoms with Gasteiger partial charge in [-0.3, -0.25) is 4.79 Å². The minimum atomic E-state index is -0.877. The minimum Gasteiger partial charge on any atom is -0.396 e. The normalized spacial score (nSPS) is 15.9. The van der Waals surface area contributed by atoms with Gasteiger partial charge in [0.2, 0.25) is 5.91 Å². The number of aliphatic hydroxyl groups is 1. The molecule has 1 fully saturated rings. The zero-order chi connectivity index (χ0) is 14.6. The molecule has 1 aromatic rings. The molecule has 0 unspecified atom stereocenters. The van der Waals surface area contributed by atoms with E-state index in [1.54, 1.807) is 0 Å². The molecule has 20 heavy (non-hydrogen) atoms. The first-order valence-electron chi connectivity index (χ1n) is 6.50. The molecule has 0 spiro atoms. The highest BCUT2D eigenvalue weighted by atomic mass is 32.2. The summed E-state index contributed by atoms with van der Waals surface area (Å²) in [6.45, 7) is 0.620. The molecule has 0 radical (unpaired) electrons. The van der Waals surface area contributed by atoms with Gasteiger partial charge < -0.3 is 10.4 Å². The lowest BCUT2D eigenvalue weighted by molar-refractivity contribution is -0.121. The number of amides is 1. The van der Waals surface area contributed by atoms with E-state index >= 15 is 0 Å². The predicted octanol–water partition coefficient (Wildman–Crippen LogP) is 2.34. The SMILES string of the molecule is O=C(CCSc1ccc(F)c(F)c1)NCC1(CO)CC1. The molecule has 0 heterocycles. The van der Waals surface area contributed by atoms with Gasteiger partial charge in [0.05, 0.1) is 6.61 Å². The highest BCUT2D eigenvalue weighted by Crippen LogP contribution is 2.44. The van der Waals surface area contributed by atoms with Crippen LogP contribution < -0.4 is 5.32 Å². The Morgan fingerprint density at radius 1 is 1.35 bits per heavy atom. The molecule has 6 heteroatoms. The van der Waals surface area contributed by atoms with Gasteiger partial charge >= 0.3 is 0 Å². The Balaban J connectivity index is 1.67. The highest BCUT2D eigenvalue weighted by molar-refractivity contribution is 7.99. The molecule has 0 bridgehead atoms. The van der Waals surface area contributed by atoms with Crippen molar-refractivity contribution in [2.45, 2.75) is 24.2 Å². The molecule has 0 aromatic heterocycles. The van der Waals surface area contributed by atoms with Gasteiger partial charge in [0.1, 0.15) is 0 Å². The summed E-state index contributed by atoms with van der Waals surface area (Å²) in [5, 5.41) is 11.9. The monoisotopic (exact) mass is 301 g/mol. The highest BCUT2D eigenvalue weighted by Gasteiger charge is 2.41. The van der Waals surface area contributed by atoms with Gasteiger partial charge in [-0.05, 0) is 31.0 Å². The Bertz CT molecular complexity index is 492. The average molecular weight is 301 g/mol. The van der Waals surface area contributed by atoms with Crippen molar-refractivity contribution in [3.8, 4) is 0 Å². The van der Waals surface area contributed by atoms with Crippen LogP contribution in [0.15, 0.2) is 23.1 Å². The van der Waals surface area contributed by atoms with Crippen LogP contribution in [0, 0.1) is 17.0 Å². The number of halogens is 2. The molecule has 1 saturated carbocycles. The summed E-state index contributed by atoms with van der Waals surface area (Å²) in [5.41, 5.74) is -0.0944. The number of hydrogen-bond acceptors (Lipinski definition) is 3. The Morgan fingerprint density at radius 3 is 2.70 bits per heavy atom. The first-order chi connectivity index (χ1) is 9.54. The van der Waals surface area contributed by atoms with Gasteiger partial charge in [0, 0.05) is 29.0 Å². The van der Waals surface area contributed by atoms with Crippen molar-refractivity contribution in [3.05, 3.63) is 29.8 Å². The molecule has 1 aliphatic rings. The first kappa shape index (κ1) is 15.3. The lowest BCUT2D eigenvalue weighted by atomic mass is 10.1. The van der Waals surface area contributed by atoms with Crippen LogP contribution in [0.4, 0.5) is 8.78 Å². The van der Waals surface area contributed by atoms with E-state index in [4.69, 9.17) is 5.11 Å². The number of nitrogens with one attached hydrogen (secondary N) is 1. The van der Waals surface area contributed by atoms with Crippen LogP contribution in [0.5, 0.6) is 0 Å². The molecule has 110 valence electrons.